The van der Waals surface area contributed by atoms with E-state index in [0.29, 0.717) is 6.04 Å². The van der Waals surface area contributed by atoms with E-state index in [1.54, 1.807) is 0 Å². The maximum Gasteiger partial charge on any atom is 0.221 e. The van der Waals surface area contributed by atoms with Crippen molar-refractivity contribution in [1.82, 2.24) is 20.4 Å². The molecule has 4 rings (SSSR count). The fraction of sp³-hybridized carbons (Fsp3) is 0.680. The highest BCUT2D eigenvalue weighted by molar-refractivity contribution is 5.80. The molecular weight excluding hydrogens is 400 g/mol. The average Bonchev–Trinajstić information content (AvgIpc) is 3.49. The number of aliphatic imine (C=N–C) groups is 1. The minimum absolute atomic E-state index is 0.0109. The molecular formula is C25H40N6O. The molecule has 2 aliphatic heterocycles. The summed E-state index contributed by atoms with van der Waals surface area (Å²) in [7, 11) is 1.85. The largest absolute Gasteiger partial charge is 0.369 e. The van der Waals surface area contributed by atoms with Crippen LogP contribution < -0.4 is 16.4 Å². The van der Waals surface area contributed by atoms with Crippen LogP contribution in [0.2, 0.25) is 0 Å². The number of piperidine rings is 1. The first-order valence-corrected chi connectivity index (χ1v) is 12.4. The lowest BCUT2D eigenvalue weighted by Crippen LogP contribution is -2.45. The van der Waals surface area contributed by atoms with Crippen LogP contribution in [0.15, 0.2) is 29.3 Å². The first kappa shape index (κ1) is 23.1. The van der Waals surface area contributed by atoms with Gasteiger partial charge in [0.2, 0.25) is 5.91 Å². The summed E-state index contributed by atoms with van der Waals surface area (Å²) in [4.78, 5) is 21.0. The van der Waals surface area contributed by atoms with Crippen molar-refractivity contribution in [1.29, 1.82) is 0 Å². The highest BCUT2D eigenvalue weighted by atomic mass is 16.1. The van der Waals surface area contributed by atoms with Crippen LogP contribution >= 0.6 is 0 Å². The first-order chi connectivity index (χ1) is 15.6. The molecule has 1 aromatic rings. The molecule has 0 radical (unpaired) electrons. The van der Waals surface area contributed by atoms with Gasteiger partial charge >= 0.3 is 0 Å². The summed E-state index contributed by atoms with van der Waals surface area (Å²) < 4.78 is 0. The number of benzene rings is 1. The summed E-state index contributed by atoms with van der Waals surface area (Å²) in [5.41, 5.74) is 8.05. The summed E-state index contributed by atoms with van der Waals surface area (Å²) in [6.45, 7) is 5.74. The molecule has 1 aliphatic carbocycles. The number of likely N-dealkylation sites (tertiary alicyclic amines) is 2. The van der Waals surface area contributed by atoms with Crippen LogP contribution in [0.5, 0.6) is 0 Å². The van der Waals surface area contributed by atoms with Crippen LogP contribution in [0.4, 0.5) is 0 Å². The highest BCUT2D eigenvalue weighted by Gasteiger charge is 2.30. The Hall–Kier alpha value is -2.12. The molecule has 2 atom stereocenters. The van der Waals surface area contributed by atoms with Crippen LogP contribution in [0, 0.1) is 5.92 Å². The highest BCUT2D eigenvalue weighted by Crippen LogP contribution is 2.26. The monoisotopic (exact) mass is 440 g/mol. The molecule has 1 saturated carbocycles. The molecule has 1 amide bonds. The Morgan fingerprint density at radius 2 is 1.91 bits per heavy atom. The Morgan fingerprint density at radius 1 is 1.09 bits per heavy atom. The van der Waals surface area contributed by atoms with Gasteiger partial charge in [-0.1, -0.05) is 37.1 Å². The molecule has 2 heterocycles. The third-order valence-corrected chi connectivity index (χ3v) is 7.39. The molecule has 3 fully saturated rings. The second-order valence-electron chi connectivity index (χ2n) is 9.79. The van der Waals surface area contributed by atoms with Crippen molar-refractivity contribution in [2.45, 2.75) is 70.1 Å². The van der Waals surface area contributed by atoms with Gasteiger partial charge in [0.15, 0.2) is 5.96 Å². The van der Waals surface area contributed by atoms with Crippen molar-refractivity contribution in [3.8, 4) is 0 Å². The number of amides is 1. The second-order valence-corrected chi connectivity index (χ2v) is 9.79. The molecule has 2 saturated heterocycles. The Balaban J connectivity index is 1.24. The minimum atomic E-state index is -0.167. The maximum absolute atomic E-state index is 11.6. The van der Waals surface area contributed by atoms with Crippen LogP contribution in [-0.4, -0.2) is 67.0 Å². The fourth-order valence-corrected chi connectivity index (χ4v) is 5.61. The Labute approximate surface area is 192 Å². The predicted molar refractivity (Wildman–Crippen MR) is 129 cm³/mol. The molecule has 176 valence electrons. The van der Waals surface area contributed by atoms with Gasteiger partial charge in [0.1, 0.15) is 0 Å². The van der Waals surface area contributed by atoms with Crippen molar-refractivity contribution in [3.63, 3.8) is 0 Å². The molecule has 0 spiro atoms. The Kier molecular flexibility index (Phi) is 8.03. The molecule has 0 aromatic heterocycles. The van der Waals surface area contributed by atoms with Gasteiger partial charge in [-0.05, 0) is 49.8 Å². The number of carbonyl (C=O) groups is 1. The molecule has 7 heteroatoms. The summed E-state index contributed by atoms with van der Waals surface area (Å²) in [5.74, 6) is 0.706. The summed E-state index contributed by atoms with van der Waals surface area (Å²) in [6, 6.07) is 9.98. The molecule has 4 N–H and O–H groups in total. The quantitative estimate of drug-likeness (QED) is 0.446. The maximum atomic E-state index is 11.6. The first-order valence-electron chi connectivity index (χ1n) is 12.4. The molecule has 7 nitrogen and oxygen atoms in total. The molecule has 1 aromatic carbocycles. The van der Waals surface area contributed by atoms with E-state index in [9.17, 15) is 4.79 Å². The van der Waals surface area contributed by atoms with Gasteiger partial charge < -0.3 is 16.4 Å². The van der Waals surface area contributed by atoms with E-state index in [-0.39, 0.29) is 11.8 Å². The van der Waals surface area contributed by atoms with Gasteiger partial charge in [-0.15, -0.1) is 0 Å². The molecule has 2 unspecified atom stereocenters. The number of nitrogens with zero attached hydrogens (tertiary/aromatic N) is 3. The van der Waals surface area contributed by atoms with Gasteiger partial charge in [0.05, 0.1) is 5.92 Å². The SMILES string of the molecule is CN=C(NCc1cccc(CN2CCCC(C(N)=O)C2)c1)NC1CCN(C2CCCC2)C1. The predicted octanol–water partition coefficient (Wildman–Crippen LogP) is 2.07. The molecule has 32 heavy (non-hydrogen) atoms. The number of primary amides is 1. The van der Waals surface area contributed by atoms with Gasteiger partial charge in [0, 0.05) is 51.9 Å². The number of guanidine groups is 1. The van der Waals surface area contributed by atoms with E-state index < -0.39 is 0 Å². The number of nitrogens with two attached hydrogens (primary N) is 1. The van der Waals surface area contributed by atoms with Crippen LogP contribution in [0.1, 0.15) is 56.1 Å². The van der Waals surface area contributed by atoms with Crippen molar-refractivity contribution >= 4 is 11.9 Å². The third kappa shape index (κ3) is 6.23. The van der Waals surface area contributed by atoms with Gasteiger partial charge in [-0.2, -0.15) is 0 Å². The zero-order valence-corrected chi connectivity index (χ0v) is 19.6. The number of rotatable bonds is 7. The number of hydrogen-bond donors (Lipinski definition) is 3. The van der Waals surface area contributed by atoms with E-state index in [0.717, 1.165) is 57.6 Å². The number of hydrogen-bond acceptors (Lipinski definition) is 4. The fourth-order valence-electron chi connectivity index (χ4n) is 5.61. The van der Waals surface area contributed by atoms with Crippen LogP contribution in [0.3, 0.4) is 0 Å². The average molecular weight is 441 g/mol. The van der Waals surface area contributed by atoms with E-state index in [1.165, 1.54) is 49.8 Å². The lowest BCUT2D eigenvalue weighted by atomic mass is 9.97. The molecule has 0 bridgehead atoms. The summed E-state index contributed by atoms with van der Waals surface area (Å²) >= 11 is 0. The van der Waals surface area contributed by atoms with Crippen LogP contribution in [0.25, 0.3) is 0 Å². The third-order valence-electron chi connectivity index (χ3n) is 7.39. The van der Waals surface area contributed by atoms with Crippen molar-refractivity contribution in [3.05, 3.63) is 35.4 Å². The topological polar surface area (TPSA) is 86.0 Å². The standard InChI is InChI=1S/C25H40N6O/c1-27-25(29-22-11-13-31(18-22)23-9-2-3-10-23)28-15-19-6-4-7-20(14-19)16-30-12-5-8-21(17-30)24(26)32/h4,6-7,14,21-23H,2-3,5,8-13,15-18H2,1H3,(H2,26,32)(H2,27,28,29). The smallest absolute Gasteiger partial charge is 0.221 e. The summed E-state index contributed by atoms with van der Waals surface area (Å²) in [6.07, 6.45) is 8.68. The minimum Gasteiger partial charge on any atom is -0.369 e. The number of carbonyl (C=O) groups excluding carboxylic acids is 1. The van der Waals surface area contributed by atoms with Crippen molar-refractivity contribution in [2.75, 3.05) is 33.2 Å². The van der Waals surface area contributed by atoms with E-state index in [4.69, 9.17) is 5.73 Å². The lowest BCUT2D eigenvalue weighted by Gasteiger charge is -2.31. The zero-order chi connectivity index (χ0) is 22.3. The normalized spacial score (nSPS) is 25.8. The van der Waals surface area contributed by atoms with Crippen molar-refractivity contribution < 1.29 is 4.79 Å². The van der Waals surface area contributed by atoms with Gasteiger partial charge in [-0.25, -0.2) is 0 Å². The summed E-state index contributed by atoms with van der Waals surface area (Å²) in [5, 5.41) is 7.13. The lowest BCUT2D eigenvalue weighted by molar-refractivity contribution is -0.123. The second kappa shape index (κ2) is 11.1. The Morgan fingerprint density at radius 3 is 2.69 bits per heavy atom. The zero-order valence-electron chi connectivity index (χ0n) is 19.6. The van der Waals surface area contributed by atoms with Gasteiger partial charge in [0.25, 0.3) is 0 Å². The van der Waals surface area contributed by atoms with E-state index in [1.807, 2.05) is 7.05 Å². The van der Waals surface area contributed by atoms with Crippen LogP contribution in [-0.2, 0) is 17.9 Å². The molecule has 3 aliphatic rings. The van der Waals surface area contributed by atoms with E-state index in [2.05, 4.69) is 49.7 Å². The Bertz CT molecular complexity index is 790. The van der Waals surface area contributed by atoms with Crippen molar-refractivity contribution in [2.24, 2.45) is 16.6 Å². The number of nitrogens with one attached hydrogen (secondary N) is 2. The van der Waals surface area contributed by atoms with E-state index >= 15 is 0 Å². The van der Waals surface area contributed by atoms with Gasteiger partial charge in [-0.3, -0.25) is 19.6 Å².